The number of hydrogen-bond donors (Lipinski definition) is 1. The van der Waals surface area contributed by atoms with E-state index >= 15 is 0 Å². The Morgan fingerprint density at radius 1 is 1.07 bits per heavy atom. The highest BCUT2D eigenvalue weighted by molar-refractivity contribution is 6.31. The Morgan fingerprint density at radius 2 is 1.67 bits per heavy atom. The van der Waals surface area contributed by atoms with Gasteiger partial charge < -0.3 is 5.32 Å². The van der Waals surface area contributed by atoms with Crippen LogP contribution < -0.4 is 5.32 Å². The summed E-state index contributed by atoms with van der Waals surface area (Å²) in [5.41, 5.74) is 3.88. The maximum absolute atomic E-state index is 6.03. The average Bonchev–Trinajstić information content (AvgIpc) is 2.72. The summed E-state index contributed by atoms with van der Waals surface area (Å²) in [4.78, 5) is 0. The highest BCUT2D eigenvalue weighted by Gasteiger charge is 2.12. The van der Waals surface area contributed by atoms with Crippen molar-refractivity contribution in [2.45, 2.75) is 47.7 Å². The van der Waals surface area contributed by atoms with E-state index in [1.165, 1.54) is 16.7 Å². The Morgan fingerprint density at radius 3 is 2.27 bits per heavy atom. The van der Waals surface area contributed by atoms with Crippen molar-refractivity contribution in [3.05, 3.63) is 33.8 Å². The molecule has 0 aliphatic carbocycles. The molecule has 15 heavy (non-hydrogen) atoms. The Hall–Kier alpha value is -0.530. The van der Waals surface area contributed by atoms with E-state index in [9.17, 15) is 0 Å². The van der Waals surface area contributed by atoms with Gasteiger partial charge in [0.25, 0.3) is 0 Å². The molecule has 0 atom stereocenters. The monoisotopic (exact) mass is 227 g/mol. The van der Waals surface area contributed by atoms with Crippen LogP contribution in [0.3, 0.4) is 0 Å². The van der Waals surface area contributed by atoms with Gasteiger partial charge >= 0.3 is 0 Å². The molecule has 0 bridgehead atoms. The van der Waals surface area contributed by atoms with Gasteiger partial charge in [0.1, 0.15) is 0 Å². The molecule has 2 heteroatoms. The summed E-state index contributed by atoms with van der Waals surface area (Å²) in [6.45, 7) is 12.0. The fraction of sp³-hybridized carbons (Fsp3) is 0.538. The maximum atomic E-state index is 6.03. The van der Waals surface area contributed by atoms with Crippen LogP contribution in [0.15, 0.2) is 12.1 Å². The van der Waals surface area contributed by atoms with E-state index in [1.807, 2.05) is 33.8 Å². The summed E-state index contributed by atoms with van der Waals surface area (Å²) in [6.07, 6.45) is 0. The van der Waals surface area contributed by atoms with E-state index in [-0.39, 0.29) is 0 Å². The van der Waals surface area contributed by atoms with Crippen LogP contribution in [0.5, 0.6) is 0 Å². The topological polar surface area (TPSA) is 12.0 Å². The molecule has 1 N–H and O–H groups in total. The quantitative estimate of drug-likeness (QED) is 0.697. The van der Waals surface area contributed by atoms with E-state index in [4.69, 9.17) is 11.6 Å². The number of halogens is 1. The molecule has 0 aromatic heterocycles. The third-order valence-electron chi connectivity index (χ3n) is 2.05. The smallest absolute Gasteiger partial charge is 0.0456 e. The lowest BCUT2D eigenvalue weighted by Gasteiger charge is -2.01. The van der Waals surface area contributed by atoms with Gasteiger partial charge in [-0.15, -0.1) is 0 Å². The molecule has 1 aromatic carbocycles. The molecule has 0 spiro atoms. The second-order valence-corrected chi connectivity index (χ2v) is 3.40. The van der Waals surface area contributed by atoms with Gasteiger partial charge in [0.15, 0.2) is 0 Å². The first-order valence-corrected chi connectivity index (χ1v) is 6.14. The second-order valence-electron chi connectivity index (χ2n) is 2.99. The van der Waals surface area contributed by atoms with E-state index < -0.39 is 0 Å². The lowest BCUT2D eigenvalue weighted by molar-refractivity contribution is 0.765. The molecule has 0 amide bonds. The minimum absolute atomic E-state index is 0.907. The molecule has 1 aromatic rings. The summed E-state index contributed by atoms with van der Waals surface area (Å²) in [7, 11) is 0. The van der Waals surface area contributed by atoms with Crippen LogP contribution in [0.2, 0.25) is 5.02 Å². The summed E-state index contributed by atoms with van der Waals surface area (Å²) in [5, 5.41) is 4.18. The van der Waals surface area contributed by atoms with Gasteiger partial charge in [-0.2, -0.15) is 0 Å². The molecule has 1 heterocycles. The van der Waals surface area contributed by atoms with Crippen LogP contribution in [0.1, 0.15) is 44.4 Å². The first kappa shape index (κ1) is 14.5. The molecule has 1 aliphatic rings. The first-order chi connectivity index (χ1) is 7.27. The van der Waals surface area contributed by atoms with Crippen LogP contribution >= 0.6 is 11.6 Å². The highest BCUT2D eigenvalue weighted by Crippen LogP contribution is 2.25. The number of nitrogens with one attached hydrogen (secondary N) is 1. The normalized spacial score (nSPS) is 11.9. The third-order valence-corrected chi connectivity index (χ3v) is 2.39. The number of hydrogen-bond acceptors (Lipinski definition) is 1. The number of benzene rings is 1. The van der Waals surface area contributed by atoms with Crippen LogP contribution in [-0.4, -0.2) is 0 Å². The van der Waals surface area contributed by atoms with Gasteiger partial charge in [0, 0.05) is 18.1 Å². The lowest BCUT2D eigenvalue weighted by Crippen LogP contribution is -2.00. The lowest BCUT2D eigenvalue weighted by atomic mass is 10.1. The van der Waals surface area contributed by atoms with Crippen LogP contribution in [0.4, 0.5) is 0 Å². The van der Waals surface area contributed by atoms with Gasteiger partial charge in [-0.1, -0.05) is 45.4 Å². The van der Waals surface area contributed by atoms with Crippen molar-refractivity contribution in [3.8, 4) is 0 Å². The predicted octanol–water partition coefficient (Wildman–Crippen LogP) is 4.30. The molecule has 1 aliphatic heterocycles. The summed E-state index contributed by atoms with van der Waals surface area (Å²) in [5.74, 6) is 0. The van der Waals surface area contributed by atoms with Crippen molar-refractivity contribution in [2.75, 3.05) is 0 Å². The zero-order valence-corrected chi connectivity index (χ0v) is 11.2. The van der Waals surface area contributed by atoms with Gasteiger partial charge in [-0.25, -0.2) is 0 Å². The summed E-state index contributed by atoms with van der Waals surface area (Å²) in [6, 6.07) is 4.22. The molecule has 0 fully saturated rings. The van der Waals surface area contributed by atoms with Gasteiger partial charge in [-0.3, -0.25) is 0 Å². The van der Waals surface area contributed by atoms with Gasteiger partial charge in [-0.05, 0) is 29.7 Å². The molecule has 0 radical (unpaired) electrons. The highest BCUT2D eigenvalue weighted by atomic mass is 35.5. The third kappa shape index (κ3) is 3.84. The van der Waals surface area contributed by atoms with E-state index in [0.29, 0.717) is 0 Å². The Kier molecular flexibility index (Phi) is 7.45. The molecule has 2 rings (SSSR count). The first-order valence-electron chi connectivity index (χ1n) is 5.76. The minimum Gasteiger partial charge on any atom is -0.309 e. The van der Waals surface area contributed by atoms with E-state index in [1.54, 1.807) is 0 Å². The predicted molar refractivity (Wildman–Crippen MR) is 69.4 cm³/mol. The number of rotatable bonds is 0. The van der Waals surface area contributed by atoms with Crippen LogP contribution in [0, 0.1) is 6.92 Å². The van der Waals surface area contributed by atoms with Crippen molar-refractivity contribution in [3.63, 3.8) is 0 Å². The maximum Gasteiger partial charge on any atom is 0.0456 e. The molecular weight excluding hydrogens is 206 g/mol. The van der Waals surface area contributed by atoms with E-state index in [0.717, 1.165) is 18.1 Å². The number of aryl methyl sites for hydroxylation is 1. The molecule has 0 unspecified atom stereocenters. The van der Waals surface area contributed by atoms with E-state index in [2.05, 4.69) is 18.3 Å². The average molecular weight is 228 g/mol. The van der Waals surface area contributed by atoms with Gasteiger partial charge in [0.05, 0.1) is 0 Å². The zero-order valence-electron chi connectivity index (χ0n) is 10.4. The number of fused-ring (bicyclic) bond motifs is 1. The fourth-order valence-corrected chi connectivity index (χ4v) is 1.88. The largest absolute Gasteiger partial charge is 0.309 e. The van der Waals surface area contributed by atoms with Crippen molar-refractivity contribution in [2.24, 2.45) is 0 Å². The van der Waals surface area contributed by atoms with Crippen molar-refractivity contribution in [1.29, 1.82) is 0 Å². The molecule has 0 saturated heterocycles. The minimum atomic E-state index is 0.907. The molecule has 1 nitrogen and oxygen atoms in total. The molecule has 86 valence electrons. The van der Waals surface area contributed by atoms with Crippen molar-refractivity contribution < 1.29 is 0 Å². The standard InChI is InChI=1S/C9H10ClN.2C2H6/c1-6-2-7-4-11-5-8(7)9(10)3-6;2*1-2/h2-3,11H,4-5H2,1H3;2*1-2H3. The molecule has 0 saturated carbocycles. The van der Waals surface area contributed by atoms with Crippen molar-refractivity contribution >= 4 is 11.6 Å². The van der Waals surface area contributed by atoms with Crippen molar-refractivity contribution in [1.82, 2.24) is 5.32 Å². The van der Waals surface area contributed by atoms with Crippen LogP contribution in [-0.2, 0) is 13.1 Å². The van der Waals surface area contributed by atoms with Gasteiger partial charge in [0.2, 0.25) is 0 Å². The molecular formula is C13H22ClN. The Labute approximate surface area is 98.8 Å². The summed E-state index contributed by atoms with van der Waals surface area (Å²) >= 11 is 6.03. The second kappa shape index (κ2) is 7.72. The SMILES string of the molecule is CC.CC.Cc1cc(Cl)c2c(c1)CNC2. The Balaban J connectivity index is 0.000000442. The summed E-state index contributed by atoms with van der Waals surface area (Å²) < 4.78 is 0. The zero-order chi connectivity index (χ0) is 11.8. The van der Waals surface area contributed by atoms with Crippen LogP contribution in [0.25, 0.3) is 0 Å². The Bertz CT molecular complexity index is 295. The fourth-order valence-electron chi connectivity index (χ4n) is 1.52.